The van der Waals surface area contributed by atoms with Crippen LogP contribution >= 0.6 is 0 Å². The van der Waals surface area contributed by atoms with Gasteiger partial charge in [-0.3, -0.25) is 0 Å². The van der Waals surface area contributed by atoms with E-state index in [9.17, 15) is 4.39 Å². The molecule has 2 aromatic carbocycles. The van der Waals surface area contributed by atoms with E-state index in [-0.39, 0.29) is 5.82 Å². The van der Waals surface area contributed by atoms with Gasteiger partial charge in [0.25, 0.3) is 0 Å². The Morgan fingerprint density at radius 1 is 1.10 bits per heavy atom. The summed E-state index contributed by atoms with van der Waals surface area (Å²) in [6, 6.07) is 12.8. The van der Waals surface area contributed by atoms with Crippen molar-refractivity contribution in [2.45, 2.75) is 20.4 Å². The van der Waals surface area contributed by atoms with Crippen LogP contribution in [-0.4, -0.2) is 6.54 Å². The molecule has 0 aliphatic heterocycles. The van der Waals surface area contributed by atoms with Crippen LogP contribution in [0, 0.1) is 12.7 Å². The number of nitrogens with one attached hydrogen (secondary N) is 1. The van der Waals surface area contributed by atoms with Crippen molar-refractivity contribution < 1.29 is 8.81 Å². The molecule has 0 saturated carbocycles. The fraction of sp³-hybridized carbons (Fsp3) is 0.222. The molecule has 1 N–H and O–H groups in total. The zero-order valence-corrected chi connectivity index (χ0v) is 12.2. The molecule has 1 heterocycles. The molecule has 3 rings (SSSR count). The van der Waals surface area contributed by atoms with Crippen molar-refractivity contribution in [2.24, 2.45) is 0 Å². The Labute approximate surface area is 123 Å². The number of fused-ring (bicyclic) bond motifs is 1. The van der Waals surface area contributed by atoms with Crippen LogP contribution in [-0.2, 0) is 6.54 Å². The molecule has 0 bridgehead atoms. The van der Waals surface area contributed by atoms with E-state index >= 15 is 0 Å². The molecule has 3 aromatic rings. The van der Waals surface area contributed by atoms with Crippen LogP contribution in [0.5, 0.6) is 0 Å². The van der Waals surface area contributed by atoms with Gasteiger partial charge in [0, 0.05) is 17.5 Å². The van der Waals surface area contributed by atoms with Gasteiger partial charge in [0.1, 0.15) is 17.2 Å². The summed E-state index contributed by atoms with van der Waals surface area (Å²) in [6.45, 7) is 5.91. The fourth-order valence-electron chi connectivity index (χ4n) is 2.46. The van der Waals surface area contributed by atoms with Crippen molar-refractivity contribution in [2.75, 3.05) is 6.54 Å². The summed E-state index contributed by atoms with van der Waals surface area (Å²) in [7, 11) is 0. The summed E-state index contributed by atoms with van der Waals surface area (Å²) in [4.78, 5) is 0. The molecule has 0 saturated heterocycles. The Balaban J connectivity index is 2.04. The summed E-state index contributed by atoms with van der Waals surface area (Å²) in [5.41, 5.74) is 4.13. The van der Waals surface area contributed by atoms with Gasteiger partial charge in [-0.1, -0.05) is 19.1 Å². The molecule has 3 heteroatoms. The molecule has 108 valence electrons. The van der Waals surface area contributed by atoms with Gasteiger partial charge >= 0.3 is 0 Å². The number of furan rings is 1. The quantitative estimate of drug-likeness (QED) is 0.753. The van der Waals surface area contributed by atoms with Crippen molar-refractivity contribution in [1.29, 1.82) is 0 Å². The second kappa shape index (κ2) is 5.70. The van der Waals surface area contributed by atoms with Crippen LogP contribution in [0.1, 0.15) is 18.1 Å². The van der Waals surface area contributed by atoms with E-state index in [4.69, 9.17) is 4.42 Å². The number of hydrogen-bond acceptors (Lipinski definition) is 2. The molecule has 0 spiro atoms. The Hall–Kier alpha value is -2.13. The molecule has 0 amide bonds. The highest BCUT2D eigenvalue weighted by molar-refractivity contribution is 5.83. The second-order valence-electron chi connectivity index (χ2n) is 5.22. The third-order valence-corrected chi connectivity index (χ3v) is 3.62. The maximum absolute atomic E-state index is 13.3. The van der Waals surface area contributed by atoms with Gasteiger partial charge in [0.2, 0.25) is 0 Å². The predicted octanol–water partition coefficient (Wildman–Crippen LogP) is 4.66. The molecular formula is C18H18FNO. The lowest BCUT2D eigenvalue weighted by atomic mass is 10.0. The van der Waals surface area contributed by atoms with Gasteiger partial charge < -0.3 is 9.73 Å². The van der Waals surface area contributed by atoms with E-state index in [2.05, 4.69) is 37.4 Å². The predicted molar refractivity (Wildman–Crippen MR) is 83.7 cm³/mol. The average molecular weight is 283 g/mol. The van der Waals surface area contributed by atoms with E-state index in [0.717, 1.165) is 35.4 Å². The van der Waals surface area contributed by atoms with Crippen molar-refractivity contribution in [3.8, 4) is 11.3 Å². The van der Waals surface area contributed by atoms with Crippen LogP contribution in [0.25, 0.3) is 22.3 Å². The largest absolute Gasteiger partial charge is 0.456 e. The van der Waals surface area contributed by atoms with Crippen molar-refractivity contribution in [3.05, 3.63) is 59.4 Å². The highest BCUT2D eigenvalue weighted by atomic mass is 19.1. The third kappa shape index (κ3) is 2.83. The zero-order chi connectivity index (χ0) is 14.8. The number of halogens is 1. The van der Waals surface area contributed by atoms with E-state index in [1.165, 1.54) is 17.7 Å². The van der Waals surface area contributed by atoms with Crippen molar-refractivity contribution in [1.82, 2.24) is 5.32 Å². The monoisotopic (exact) mass is 283 g/mol. The van der Waals surface area contributed by atoms with E-state index in [1.54, 1.807) is 6.07 Å². The summed E-state index contributed by atoms with van der Waals surface area (Å²) < 4.78 is 19.1. The Bertz CT molecular complexity index is 776. The average Bonchev–Trinajstić information content (AvgIpc) is 2.89. The minimum atomic E-state index is -0.243. The highest BCUT2D eigenvalue weighted by Gasteiger charge is 2.10. The normalized spacial score (nSPS) is 11.2. The van der Waals surface area contributed by atoms with Gasteiger partial charge in [-0.25, -0.2) is 4.39 Å². The molecule has 0 aliphatic rings. The van der Waals surface area contributed by atoms with Crippen LogP contribution in [0.4, 0.5) is 4.39 Å². The van der Waals surface area contributed by atoms with Crippen LogP contribution in [0.3, 0.4) is 0 Å². The van der Waals surface area contributed by atoms with Crippen LogP contribution in [0.15, 0.2) is 46.9 Å². The molecule has 0 unspecified atom stereocenters. The first-order valence-corrected chi connectivity index (χ1v) is 7.17. The summed E-state index contributed by atoms with van der Waals surface area (Å²) in [5, 5.41) is 4.11. The number of hydrogen-bond donors (Lipinski definition) is 1. The topological polar surface area (TPSA) is 25.2 Å². The maximum atomic E-state index is 13.3. The van der Waals surface area contributed by atoms with E-state index < -0.39 is 0 Å². The summed E-state index contributed by atoms with van der Waals surface area (Å²) in [5.74, 6) is 0.541. The lowest BCUT2D eigenvalue weighted by molar-refractivity contribution is 0.618. The van der Waals surface area contributed by atoms with Crippen molar-refractivity contribution in [3.63, 3.8) is 0 Å². The smallest absolute Gasteiger partial charge is 0.135 e. The van der Waals surface area contributed by atoms with E-state index in [1.807, 2.05) is 6.07 Å². The first-order valence-electron chi connectivity index (χ1n) is 7.17. The van der Waals surface area contributed by atoms with E-state index in [0.29, 0.717) is 5.58 Å². The maximum Gasteiger partial charge on any atom is 0.135 e. The molecular weight excluding hydrogens is 265 g/mol. The van der Waals surface area contributed by atoms with Crippen molar-refractivity contribution >= 4 is 11.0 Å². The van der Waals surface area contributed by atoms with Gasteiger partial charge in [-0.05, 0) is 54.9 Å². The van der Waals surface area contributed by atoms with Crippen LogP contribution < -0.4 is 5.32 Å². The lowest BCUT2D eigenvalue weighted by Gasteiger charge is -2.07. The standard InChI is InChI=1S/C18H18FNO/c1-3-20-11-13-5-4-12(2)16(8-13)18-10-14-9-15(19)6-7-17(14)21-18/h4-10,20H,3,11H2,1-2H3. The number of benzene rings is 2. The zero-order valence-electron chi connectivity index (χ0n) is 12.2. The summed E-state index contributed by atoms with van der Waals surface area (Å²) >= 11 is 0. The molecule has 0 atom stereocenters. The Kier molecular flexibility index (Phi) is 3.76. The third-order valence-electron chi connectivity index (χ3n) is 3.62. The summed E-state index contributed by atoms with van der Waals surface area (Å²) in [6.07, 6.45) is 0. The van der Waals surface area contributed by atoms with Crippen LogP contribution in [0.2, 0.25) is 0 Å². The lowest BCUT2D eigenvalue weighted by Crippen LogP contribution is -2.11. The minimum absolute atomic E-state index is 0.243. The Morgan fingerprint density at radius 3 is 2.76 bits per heavy atom. The fourth-order valence-corrected chi connectivity index (χ4v) is 2.46. The molecule has 0 aliphatic carbocycles. The van der Waals surface area contributed by atoms with Gasteiger partial charge in [0.05, 0.1) is 0 Å². The van der Waals surface area contributed by atoms with Gasteiger partial charge in [0.15, 0.2) is 0 Å². The molecule has 2 nitrogen and oxygen atoms in total. The molecule has 0 radical (unpaired) electrons. The number of rotatable bonds is 4. The first kappa shape index (κ1) is 13.8. The molecule has 1 aromatic heterocycles. The number of aryl methyl sites for hydroxylation is 1. The Morgan fingerprint density at radius 2 is 1.95 bits per heavy atom. The minimum Gasteiger partial charge on any atom is -0.456 e. The second-order valence-corrected chi connectivity index (χ2v) is 5.22. The van der Waals surface area contributed by atoms with Gasteiger partial charge in [-0.15, -0.1) is 0 Å². The highest BCUT2D eigenvalue weighted by Crippen LogP contribution is 2.31. The SMILES string of the molecule is CCNCc1ccc(C)c(-c2cc3cc(F)ccc3o2)c1. The first-order chi connectivity index (χ1) is 10.2. The molecule has 21 heavy (non-hydrogen) atoms. The molecule has 0 fully saturated rings. The van der Waals surface area contributed by atoms with Gasteiger partial charge in [-0.2, -0.15) is 0 Å².